The minimum atomic E-state index is 0.0331. The molecule has 7 nitrogen and oxygen atoms in total. The zero-order valence-corrected chi connectivity index (χ0v) is 20.9. The maximum Gasteiger partial charge on any atom is 0.238 e. The lowest BCUT2D eigenvalue weighted by Crippen LogP contribution is -2.49. The molecule has 9 heteroatoms. The Morgan fingerprint density at radius 1 is 1.06 bits per heavy atom. The van der Waals surface area contributed by atoms with Gasteiger partial charge in [0.25, 0.3) is 0 Å². The predicted molar refractivity (Wildman–Crippen MR) is 138 cm³/mol. The maximum atomic E-state index is 12.5. The first kappa shape index (κ1) is 23.6. The lowest BCUT2D eigenvalue weighted by Gasteiger charge is -2.34. The highest BCUT2D eigenvalue weighted by Crippen LogP contribution is 2.21. The third-order valence-electron chi connectivity index (χ3n) is 5.92. The maximum absolute atomic E-state index is 12.5. The lowest BCUT2D eigenvalue weighted by molar-refractivity contribution is -0.117. The first-order valence-electron chi connectivity index (χ1n) is 11.1. The Morgan fingerprint density at radius 3 is 2.55 bits per heavy atom. The Morgan fingerprint density at radius 2 is 1.79 bits per heavy atom. The van der Waals surface area contributed by atoms with Gasteiger partial charge in [0, 0.05) is 37.6 Å². The first-order valence-corrected chi connectivity index (χ1v) is 12.3. The van der Waals surface area contributed by atoms with Crippen molar-refractivity contribution in [1.82, 2.24) is 19.6 Å². The van der Waals surface area contributed by atoms with E-state index in [2.05, 4.69) is 57.6 Å². The largest absolute Gasteiger partial charge is 0.330 e. The summed E-state index contributed by atoms with van der Waals surface area (Å²) in [4.78, 5) is 17.1. The number of amides is 1. The second kappa shape index (κ2) is 10.6. The molecule has 0 radical (unpaired) electrons. The van der Waals surface area contributed by atoms with Crippen LogP contribution >= 0.6 is 23.6 Å². The van der Waals surface area contributed by atoms with Crippen molar-refractivity contribution in [2.75, 3.05) is 43.4 Å². The second-order valence-corrected chi connectivity index (χ2v) is 10.1. The zero-order chi connectivity index (χ0) is 23.4. The highest BCUT2D eigenvalue weighted by molar-refractivity contribution is 7.73. The van der Waals surface area contributed by atoms with Gasteiger partial charge in [-0.3, -0.25) is 14.6 Å². The first-order chi connectivity index (χ1) is 15.9. The Balaban J connectivity index is 1.26. The van der Waals surface area contributed by atoms with Crippen molar-refractivity contribution in [2.24, 2.45) is 0 Å². The van der Waals surface area contributed by atoms with Crippen LogP contribution in [0.1, 0.15) is 16.7 Å². The number of nitrogens with zero attached hydrogens (tertiary/aromatic N) is 4. The van der Waals surface area contributed by atoms with Gasteiger partial charge in [0.2, 0.25) is 11.0 Å². The van der Waals surface area contributed by atoms with Crippen molar-refractivity contribution in [3.05, 3.63) is 63.1 Å². The predicted octanol–water partition coefficient (Wildman–Crippen LogP) is 4.56. The Labute approximate surface area is 204 Å². The molecular formula is C24H30N6OS2. The summed E-state index contributed by atoms with van der Waals surface area (Å²) in [6, 6.07) is 14.2. The molecule has 4 rings (SSSR count). The summed E-state index contributed by atoms with van der Waals surface area (Å²) in [6.45, 7) is 10.6. The fourth-order valence-electron chi connectivity index (χ4n) is 3.85. The van der Waals surface area contributed by atoms with E-state index in [-0.39, 0.29) is 5.91 Å². The van der Waals surface area contributed by atoms with E-state index >= 15 is 0 Å². The van der Waals surface area contributed by atoms with Crippen molar-refractivity contribution in [3.8, 4) is 0 Å². The average molecular weight is 483 g/mol. The molecule has 1 aromatic heterocycles. The van der Waals surface area contributed by atoms with Gasteiger partial charge < -0.3 is 10.6 Å². The summed E-state index contributed by atoms with van der Waals surface area (Å²) in [5.41, 5.74) is 5.40. The molecule has 0 unspecified atom stereocenters. The summed E-state index contributed by atoms with van der Waals surface area (Å²) in [7, 11) is 0. The van der Waals surface area contributed by atoms with Crippen molar-refractivity contribution in [2.45, 2.75) is 27.4 Å². The van der Waals surface area contributed by atoms with Crippen LogP contribution in [0.15, 0.2) is 42.5 Å². The fraction of sp³-hybridized carbons (Fsp3) is 0.375. The molecule has 174 valence electrons. The van der Waals surface area contributed by atoms with Crippen LogP contribution in [-0.2, 0) is 11.5 Å². The van der Waals surface area contributed by atoms with Crippen LogP contribution in [0.5, 0.6) is 0 Å². The summed E-state index contributed by atoms with van der Waals surface area (Å²) in [5.74, 6) is 0.0331. The molecule has 3 aromatic rings. The van der Waals surface area contributed by atoms with E-state index in [1.54, 1.807) is 0 Å². The molecular weight excluding hydrogens is 452 g/mol. The number of hydrogen-bond acceptors (Lipinski definition) is 7. The number of benzene rings is 2. The van der Waals surface area contributed by atoms with Crippen LogP contribution in [0.4, 0.5) is 16.5 Å². The molecule has 0 atom stereocenters. The molecule has 2 aromatic carbocycles. The quantitative estimate of drug-likeness (QED) is 0.482. The monoisotopic (exact) mass is 482 g/mol. The number of aromatic nitrogens is 2. The Hall–Kier alpha value is -2.59. The lowest BCUT2D eigenvalue weighted by atomic mass is 10.1. The van der Waals surface area contributed by atoms with Crippen LogP contribution in [0.2, 0.25) is 0 Å². The smallest absolute Gasteiger partial charge is 0.238 e. The van der Waals surface area contributed by atoms with E-state index in [0.717, 1.165) is 52.2 Å². The third kappa shape index (κ3) is 6.26. The number of piperazine rings is 1. The number of hydrogen-bond donors (Lipinski definition) is 2. The van der Waals surface area contributed by atoms with Gasteiger partial charge in [-0.2, -0.15) is 0 Å². The molecule has 0 bridgehead atoms. The van der Waals surface area contributed by atoms with Crippen LogP contribution in [0.3, 0.4) is 0 Å². The van der Waals surface area contributed by atoms with Crippen LogP contribution < -0.4 is 10.6 Å². The van der Waals surface area contributed by atoms with Gasteiger partial charge in [0.1, 0.15) is 0 Å². The normalized spacial score (nSPS) is 14.9. The third-order valence-corrected chi connectivity index (χ3v) is 7.14. The second-order valence-electron chi connectivity index (χ2n) is 8.50. The summed E-state index contributed by atoms with van der Waals surface area (Å²) < 4.78 is 2.63. The molecule has 1 amide bonds. The van der Waals surface area contributed by atoms with Crippen LogP contribution in [0, 0.1) is 24.7 Å². The van der Waals surface area contributed by atoms with Gasteiger partial charge in [-0.25, -0.2) is 4.68 Å². The summed E-state index contributed by atoms with van der Waals surface area (Å²) in [5, 5.41) is 11.9. The van der Waals surface area contributed by atoms with Crippen molar-refractivity contribution in [1.29, 1.82) is 0 Å². The SMILES string of the molecule is Cc1cccc(Nc2nn(CN3CCN(CC(=O)Nc4cccc(C)c4C)CC3)c(=S)s2)c1. The van der Waals surface area contributed by atoms with Gasteiger partial charge in [-0.05, 0) is 67.9 Å². The molecule has 0 saturated carbocycles. The standard InChI is InChI=1S/C24H30N6OS2/c1-17-6-4-8-20(14-17)25-23-27-30(24(32)33-23)16-29-12-10-28(11-13-29)15-22(31)26-21-9-5-7-18(2)19(21)3/h4-9,14H,10-13,15-16H2,1-3H3,(H,25,27)(H,26,31). The topological polar surface area (TPSA) is 65.4 Å². The molecule has 1 aliphatic rings. The van der Waals surface area contributed by atoms with Gasteiger partial charge in [0.15, 0.2) is 3.95 Å². The van der Waals surface area contributed by atoms with Gasteiger partial charge >= 0.3 is 0 Å². The molecule has 0 spiro atoms. The Bertz CT molecular complexity index is 1180. The minimum Gasteiger partial charge on any atom is -0.330 e. The van der Waals surface area contributed by atoms with E-state index in [9.17, 15) is 4.79 Å². The molecule has 2 heterocycles. The van der Waals surface area contributed by atoms with E-state index in [1.165, 1.54) is 22.5 Å². The highest BCUT2D eigenvalue weighted by atomic mass is 32.1. The fourth-order valence-corrected chi connectivity index (χ4v) is 4.86. The molecule has 2 N–H and O–H groups in total. The molecule has 1 aliphatic heterocycles. The van der Waals surface area contributed by atoms with E-state index in [4.69, 9.17) is 12.2 Å². The number of carbonyl (C=O) groups is 1. The minimum absolute atomic E-state index is 0.0331. The summed E-state index contributed by atoms with van der Waals surface area (Å²) >= 11 is 7.02. The molecule has 1 saturated heterocycles. The molecule has 0 aliphatic carbocycles. The van der Waals surface area contributed by atoms with Gasteiger partial charge in [-0.15, -0.1) is 5.10 Å². The Kier molecular flexibility index (Phi) is 7.54. The van der Waals surface area contributed by atoms with Crippen molar-refractivity contribution < 1.29 is 4.79 Å². The van der Waals surface area contributed by atoms with E-state index in [1.807, 2.05) is 35.9 Å². The van der Waals surface area contributed by atoms with Crippen molar-refractivity contribution >= 4 is 46.0 Å². The van der Waals surface area contributed by atoms with E-state index in [0.29, 0.717) is 13.2 Å². The highest BCUT2D eigenvalue weighted by Gasteiger charge is 2.20. The van der Waals surface area contributed by atoms with Gasteiger partial charge in [0.05, 0.1) is 13.2 Å². The summed E-state index contributed by atoms with van der Waals surface area (Å²) in [6.07, 6.45) is 0. The molecule has 1 fully saturated rings. The number of aryl methyl sites for hydroxylation is 2. The number of rotatable bonds is 7. The number of anilines is 3. The zero-order valence-electron chi connectivity index (χ0n) is 19.3. The number of nitrogens with one attached hydrogen (secondary N) is 2. The van der Waals surface area contributed by atoms with Crippen molar-refractivity contribution in [3.63, 3.8) is 0 Å². The van der Waals surface area contributed by atoms with Crippen LogP contribution in [-0.4, -0.2) is 58.2 Å². The van der Waals surface area contributed by atoms with Gasteiger partial charge in [-0.1, -0.05) is 35.6 Å². The number of carbonyl (C=O) groups excluding carboxylic acids is 1. The van der Waals surface area contributed by atoms with E-state index < -0.39 is 0 Å². The average Bonchev–Trinajstić information content (AvgIpc) is 3.11. The molecule has 33 heavy (non-hydrogen) atoms. The van der Waals surface area contributed by atoms with Crippen LogP contribution in [0.25, 0.3) is 0 Å².